The maximum atomic E-state index is 6.12. The lowest BCUT2D eigenvalue weighted by Crippen LogP contribution is -2.32. The summed E-state index contributed by atoms with van der Waals surface area (Å²) in [5.41, 5.74) is 3.90. The van der Waals surface area contributed by atoms with Crippen molar-refractivity contribution in [2.45, 2.75) is 20.3 Å². The molecule has 2 rings (SSSR count). The number of anilines is 1. The van der Waals surface area contributed by atoms with Crippen molar-refractivity contribution in [3.8, 4) is 0 Å². The van der Waals surface area contributed by atoms with Crippen LogP contribution in [0.1, 0.15) is 20.3 Å². The number of rotatable bonds is 3. The van der Waals surface area contributed by atoms with E-state index in [4.69, 9.17) is 11.6 Å². The van der Waals surface area contributed by atoms with Gasteiger partial charge in [-0.2, -0.15) is 0 Å². The predicted molar refractivity (Wildman–Crippen MR) is 80.5 cm³/mol. The van der Waals surface area contributed by atoms with Gasteiger partial charge in [-0.05, 0) is 31.4 Å². The van der Waals surface area contributed by atoms with E-state index in [2.05, 4.69) is 34.4 Å². The van der Waals surface area contributed by atoms with Gasteiger partial charge in [0.1, 0.15) is 0 Å². The molecule has 0 saturated heterocycles. The molecule has 0 unspecified atom stereocenters. The molecule has 0 saturated carbocycles. The predicted octanol–water partition coefficient (Wildman–Crippen LogP) is 3.79. The highest BCUT2D eigenvalue weighted by Gasteiger charge is 2.21. The van der Waals surface area contributed by atoms with Gasteiger partial charge in [-0.3, -0.25) is 0 Å². The number of halogens is 1. The minimum Gasteiger partial charge on any atom is -0.349 e. The third-order valence-electron chi connectivity index (χ3n) is 3.44. The molecular weight excluding hydrogens is 258 g/mol. The molecule has 1 aliphatic rings. The van der Waals surface area contributed by atoms with Crippen LogP contribution in [0.25, 0.3) is 0 Å². The Morgan fingerprint density at radius 1 is 1.42 bits per heavy atom. The fourth-order valence-electron chi connectivity index (χ4n) is 2.32. The van der Waals surface area contributed by atoms with Crippen LogP contribution in [0.2, 0.25) is 5.15 Å². The maximum Gasteiger partial charge on any atom is 0.171 e. The summed E-state index contributed by atoms with van der Waals surface area (Å²) >= 11 is 6.12. The van der Waals surface area contributed by atoms with Crippen LogP contribution < -0.4 is 4.90 Å². The van der Waals surface area contributed by atoms with Crippen molar-refractivity contribution in [3.05, 3.63) is 53.0 Å². The van der Waals surface area contributed by atoms with Gasteiger partial charge in [0.25, 0.3) is 0 Å². The average molecular weight is 276 g/mol. The minimum absolute atomic E-state index is 0.460. The Morgan fingerprint density at radius 2 is 2.16 bits per heavy atom. The second kappa shape index (κ2) is 6.02. The topological polar surface area (TPSA) is 29.0 Å². The Morgan fingerprint density at radius 3 is 2.79 bits per heavy atom. The van der Waals surface area contributed by atoms with E-state index in [0.717, 1.165) is 25.3 Å². The summed E-state index contributed by atoms with van der Waals surface area (Å²) < 4.78 is 0. The molecule has 0 bridgehead atoms. The van der Waals surface area contributed by atoms with Crippen LogP contribution in [0, 0.1) is 0 Å². The molecule has 19 heavy (non-hydrogen) atoms. The van der Waals surface area contributed by atoms with E-state index in [-0.39, 0.29) is 0 Å². The van der Waals surface area contributed by atoms with Crippen LogP contribution in [0.3, 0.4) is 0 Å². The zero-order valence-electron chi connectivity index (χ0n) is 11.4. The van der Waals surface area contributed by atoms with Gasteiger partial charge in [0.15, 0.2) is 11.0 Å². The van der Waals surface area contributed by atoms with Crippen LogP contribution in [0.15, 0.2) is 47.8 Å². The summed E-state index contributed by atoms with van der Waals surface area (Å²) in [6, 6.07) is 0. The molecule has 0 amide bonds. The zero-order valence-corrected chi connectivity index (χ0v) is 12.1. The quantitative estimate of drug-likeness (QED) is 0.786. The first-order chi connectivity index (χ1) is 9.17. The Balaban J connectivity index is 2.31. The Bertz CT molecular complexity index is 546. The van der Waals surface area contributed by atoms with Crippen LogP contribution in [0.5, 0.6) is 0 Å². The Kier molecular flexibility index (Phi) is 4.38. The van der Waals surface area contributed by atoms with Gasteiger partial charge in [0, 0.05) is 25.5 Å². The third-order valence-corrected chi connectivity index (χ3v) is 3.70. The summed E-state index contributed by atoms with van der Waals surface area (Å²) in [5.74, 6) is 0.758. The van der Waals surface area contributed by atoms with Crippen molar-refractivity contribution in [2.75, 3.05) is 18.0 Å². The van der Waals surface area contributed by atoms with Crippen LogP contribution >= 0.6 is 11.6 Å². The number of hydrogen-bond acceptors (Lipinski definition) is 3. The van der Waals surface area contributed by atoms with E-state index in [1.165, 1.54) is 16.7 Å². The lowest BCUT2D eigenvalue weighted by molar-refractivity contribution is 0.750. The first-order valence-corrected chi connectivity index (χ1v) is 6.74. The van der Waals surface area contributed by atoms with Gasteiger partial charge < -0.3 is 4.90 Å². The Hall–Kier alpha value is -1.61. The van der Waals surface area contributed by atoms with Crippen LogP contribution in [0.4, 0.5) is 5.82 Å². The lowest BCUT2D eigenvalue weighted by Gasteiger charge is -2.31. The van der Waals surface area contributed by atoms with Crippen LogP contribution in [-0.4, -0.2) is 23.1 Å². The first-order valence-electron chi connectivity index (χ1n) is 6.36. The third kappa shape index (κ3) is 2.87. The highest BCUT2D eigenvalue weighted by molar-refractivity contribution is 6.31. The molecule has 0 N–H and O–H groups in total. The van der Waals surface area contributed by atoms with Gasteiger partial charge in [0.2, 0.25) is 0 Å². The number of hydrogen-bond donors (Lipinski definition) is 0. The molecule has 0 atom stereocenters. The minimum atomic E-state index is 0.460. The highest BCUT2D eigenvalue weighted by Crippen LogP contribution is 2.29. The molecule has 0 spiro atoms. The van der Waals surface area contributed by atoms with E-state index >= 15 is 0 Å². The largest absolute Gasteiger partial charge is 0.349 e. The second-order valence-electron chi connectivity index (χ2n) is 4.55. The zero-order chi connectivity index (χ0) is 13.8. The number of nitrogens with zero attached hydrogens (tertiary/aromatic N) is 3. The fraction of sp³-hybridized carbons (Fsp3) is 0.333. The molecule has 1 aliphatic heterocycles. The standard InChI is InChI=1S/C15H18ClN3/c1-4-12(5-2)13-10-19(9-6-11(13)3)15-14(16)17-7-8-18-15/h4-5,7-8H,1,6,9-10H2,2-3H3. The molecule has 0 aromatic carbocycles. The summed E-state index contributed by atoms with van der Waals surface area (Å²) in [6.45, 7) is 9.81. The van der Waals surface area contributed by atoms with Crippen molar-refractivity contribution >= 4 is 17.4 Å². The van der Waals surface area contributed by atoms with Gasteiger partial charge in [-0.1, -0.05) is 35.9 Å². The van der Waals surface area contributed by atoms with Gasteiger partial charge in [-0.25, -0.2) is 9.97 Å². The van der Waals surface area contributed by atoms with Crippen molar-refractivity contribution in [1.82, 2.24) is 9.97 Å². The molecule has 0 fully saturated rings. The van der Waals surface area contributed by atoms with Gasteiger partial charge in [-0.15, -0.1) is 0 Å². The number of aromatic nitrogens is 2. The molecule has 1 aromatic heterocycles. The van der Waals surface area contributed by atoms with E-state index in [0.29, 0.717) is 5.15 Å². The van der Waals surface area contributed by atoms with E-state index < -0.39 is 0 Å². The maximum absolute atomic E-state index is 6.12. The van der Waals surface area contributed by atoms with Gasteiger partial charge >= 0.3 is 0 Å². The summed E-state index contributed by atoms with van der Waals surface area (Å²) in [6.07, 6.45) is 8.29. The molecule has 1 aromatic rings. The normalized spacial score (nSPS) is 16.8. The molecule has 4 heteroatoms. The molecule has 0 radical (unpaired) electrons. The molecule has 100 valence electrons. The van der Waals surface area contributed by atoms with E-state index in [1.54, 1.807) is 12.4 Å². The van der Waals surface area contributed by atoms with Crippen molar-refractivity contribution in [3.63, 3.8) is 0 Å². The summed E-state index contributed by atoms with van der Waals surface area (Å²) in [7, 11) is 0. The molecule has 0 aliphatic carbocycles. The fourth-order valence-corrected chi connectivity index (χ4v) is 2.54. The summed E-state index contributed by atoms with van der Waals surface area (Å²) in [4.78, 5) is 10.6. The lowest BCUT2D eigenvalue weighted by atomic mass is 9.94. The Labute approximate surface area is 119 Å². The second-order valence-corrected chi connectivity index (χ2v) is 4.91. The molecule has 2 heterocycles. The number of allylic oxidation sites excluding steroid dienone is 2. The summed E-state index contributed by atoms with van der Waals surface area (Å²) in [5, 5.41) is 0.460. The highest BCUT2D eigenvalue weighted by atomic mass is 35.5. The van der Waals surface area contributed by atoms with E-state index in [1.807, 2.05) is 13.0 Å². The van der Waals surface area contributed by atoms with Crippen molar-refractivity contribution < 1.29 is 0 Å². The van der Waals surface area contributed by atoms with E-state index in [9.17, 15) is 0 Å². The average Bonchev–Trinajstić information content (AvgIpc) is 2.43. The molecule has 3 nitrogen and oxygen atoms in total. The van der Waals surface area contributed by atoms with Gasteiger partial charge in [0.05, 0.1) is 0 Å². The first kappa shape index (κ1) is 13.8. The smallest absolute Gasteiger partial charge is 0.171 e. The van der Waals surface area contributed by atoms with Crippen molar-refractivity contribution in [1.29, 1.82) is 0 Å². The SMILES string of the molecule is C=CC(=CC)C1=C(C)CCN(c2nccnc2Cl)C1. The molecular formula is C15H18ClN3. The van der Waals surface area contributed by atoms with Crippen LogP contribution in [-0.2, 0) is 0 Å². The van der Waals surface area contributed by atoms with Crippen molar-refractivity contribution in [2.24, 2.45) is 0 Å². The monoisotopic (exact) mass is 275 g/mol.